The summed E-state index contributed by atoms with van der Waals surface area (Å²) in [4.78, 5) is 67.5. The Morgan fingerprint density at radius 3 is 1.94 bits per heavy atom. The Morgan fingerprint density at radius 1 is 0.765 bits per heavy atom. The number of phenolic OH excluding ortho intramolecular Hbond substituents is 2. The number of nitrogens with one attached hydrogen (secondary N) is 9. The predicted molar refractivity (Wildman–Crippen MR) is 193 cm³/mol. The lowest BCUT2D eigenvalue weighted by Crippen LogP contribution is -2.59. The summed E-state index contributed by atoms with van der Waals surface area (Å²) in [5, 5.41) is 47.0. The molecule has 3 rings (SSSR count). The molecule has 0 aromatic heterocycles. The van der Waals surface area contributed by atoms with Crippen LogP contribution in [0, 0.1) is 0 Å². The van der Waals surface area contributed by atoms with Crippen LogP contribution >= 0.6 is 0 Å². The number of phenols is 2. The van der Waals surface area contributed by atoms with E-state index in [2.05, 4.69) is 47.9 Å². The zero-order valence-corrected chi connectivity index (χ0v) is 29.8. The Labute approximate surface area is 298 Å². The summed E-state index contributed by atoms with van der Waals surface area (Å²) >= 11 is 0. The molecule has 0 fully saturated rings. The van der Waals surface area contributed by atoms with E-state index in [0.29, 0.717) is 54.9 Å². The maximum Gasteiger partial charge on any atom is 0.243 e. The molecule has 0 saturated carbocycles. The van der Waals surface area contributed by atoms with Crippen LogP contribution in [0.25, 0.3) is 11.1 Å². The first kappa shape index (κ1) is 40.7. The van der Waals surface area contributed by atoms with Gasteiger partial charge >= 0.3 is 0 Å². The van der Waals surface area contributed by atoms with E-state index < -0.39 is 53.7 Å². The quantitative estimate of drug-likeness (QED) is 0.0850. The van der Waals surface area contributed by atoms with Crippen molar-refractivity contribution in [3.8, 4) is 22.6 Å². The molecule has 2 aromatic rings. The number of carbonyl (C=O) groups excluding carboxylic acids is 5. The zero-order valence-electron chi connectivity index (χ0n) is 29.8. The number of hydrogen-bond acceptors (Lipinski definition) is 11. The first-order valence-electron chi connectivity index (χ1n) is 17.2. The van der Waals surface area contributed by atoms with Gasteiger partial charge in [0.1, 0.15) is 29.6 Å². The second-order valence-electron chi connectivity index (χ2n) is 12.4. The third kappa shape index (κ3) is 12.5. The van der Waals surface area contributed by atoms with Gasteiger partial charge in [0.2, 0.25) is 29.5 Å². The largest absolute Gasteiger partial charge is 0.508 e. The number of benzene rings is 2. The van der Waals surface area contributed by atoms with Crippen LogP contribution in [-0.4, -0.2) is 125 Å². The molecule has 4 bridgehead atoms. The van der Waals surface area contributed by atoms with E-state index in [4.69, 9.17) is 0 Å². The van der Waals surface area contributed by atoms with Crippen LogP contribution in [-0.2, 0) is 36.8 Å². The summed E-state index contributed by atoms with van der Waals surface area (Å²) in [7, 11) is 6.82. The summed E-state index contributed by atoms with van der Waals surface area (Å²) in [6, 6.07) is 5.33. The maximum absolute atomic E-state index is 14.1. The third-order valence-corrected chi connectivity index (χ3v) is 8.58. The highest BCUT2D eigenvalue weighted by atomic mass is 16.3. The molecule has 51 heavy (non-hydrogen) atoms. The van der Waals surface area contributed by atoms with Gasteiger partial charge in [0.05, 0.1) is 12.5 Å². The van der Waals surface area contributed by atoms with Crippen molar-refractivity contribution < 1.29 is 34.2 Å². The topological polar surface area (TPSA) is 234 Å². The molecule has 4 atom stereocenters. The lowest BCUT2D eigenvalue weighted by atomic mass is 9.95. The van der Waals surface area contributed by atoms with Crippen molar-refractivity contribution in [2.45, 2.75) is 56.3 Å². The van der Waals surface area contributed by atoms with Gasteiger partial charge in [0.25, 0.3) is 0 Å². The van der Waals surface area contributed by atoms with Crippen molar-refractivity contribution in [3.05, 3.63) is 47.5 Å². The fourth-order valence-corrected chi connectivity index (χ4v) is 5.63. The van der Waals surface area contributed by atoms with Crippen molar-refractivity contribution in [2.75, 3.05) is 60.9 Å². The van der Waals surface area contributed by atoms with Crippen molar-refractivity contribution in [3.63, 3.8) is 0 Å². The number of aromatic hydroxyl groups is 2. The van der Waals surface area contributed by atoms with Gasteiger partial charge in [-0.1, -0.05) is 12.1 Å². The van der Waals surface area contributed by atoms with E-state index in [1.165, 1.54) is 12.1 Å². The number of fused-ring (bicyclic) bond motifs is 5. The van der Waals surface area contributed by atoms with Gasteiger partial charge in [-0.05, 0) is 94.1 Å². The molecule has 1 aliphatic rings. The smallest absolute Gasteiger partial charge is 0.243 e. The van der Waals surface area contributed by atoms with Crippen molar-refractivity contribution in [2.24, 2.45) is 0 Å². The summed E-state index contributed by atoms with van der Waals surface area (Å²) in [6.07, 6.45) is 0.302. The van der Waals surface area contributed by atoms with Gasteiger partial charge < -0.3 is 58.1 Å². The van der Waals surface area contributed by atoms with E-state index in [1.807, 2.05) is 0 Å². The molecule has 16 heteroatoms. The van der Waals surface area contributed by atoms with Gasteiger partial charge in [-0.3, -0.25) is 24.0 Å². The van der Waals surface area contributed by atoms with Gasteiger partial charge in [-0.2, -0.15) is 0 Å². The van der Waals surface area contributed by atoms with E-state index in [0.717, 1.165) is 0 Å². The van der Waals surface area contributed by atoms with E-state index in [-0.39, 0.29) is 43.7 Å². The first-order chi connectivity index (χ1) is 24.5. The molecule has 0 unspecified atom stereocenters. The average Bonchev–Trinajstić information content (AvgIpc) is 3.11. The Kier molecular flexibility index (Phi) is 16.6. The normalized spacial score (nSPS) is 18.3. The molecule has 16 nitrogen and oxygen atoms in total. The molecule has 0 aliphatic carbocycles. The average molecular weight is 712 g/mol. The summed E-state index contributed by atoms with van der Waals surface area (Å²) in [5.41, 5.74) is 2.15. The molecular weight excluding hydrogens is 658 g/mol. The van der Waals surface area contributed by atoms with Crippen LogP contribution in [0.2, 0.25) is 0 Å². The molecule has 280 valence electrons. The summed E-state index contributed by atoms with van der Waals surface area (Å²) in [6.45, 7) is 2.06. The van der Waals surface area contributed by atoms with Crippen molar-refractivity contribution in [1.29, 1.82) is 0 Å². The first-order valence-corrected chi connectivity index (χ1v) is 17.2. The maximum atomic E-state index is 14.1. The highest BCUT2D eigenvalue weighted by Gasteiger charge is 2.32. The van der Waals surface area contributed by atoms with E-state index in [1.54, 1.807) is 52.5 Å². The molecule has 0 spiro atoms. The Bertz CT molecular complexity index is 1510. The molecule has 0 saturated heterocycles. The van der Waals surface area contributed by atoms with Gasteiger partial charge in [-0.15, -0.1) is 0 Å². The molecule has 0 radical (unpaired) electrons. The van der Waals surface area contributed by atoms with Crippen LogP contribution < -0.4 is 47.9 Å². The fraction of sp³-hybridized carbons (Fsp3) is 0.514. The molecular formula is C35H53N9O7. The van der Waals surface area contributed by atoms with Gasteiger partial charge in [-0.25, -0.2) is 0 Å². The predicted octanol–water partition coefficient (Wildman–Crippen LogP) is -2.03. The van der Waals surface area contributed by atoms with E-state index in [9.17, 15) is 34.2 Å². The lowest BCUT2D eigenvalue weighted by molar-refractivity contribution is -0.135. The van der Waals surface area contributed by atoms with Crippen LogP contribution in [0.1, 0.15) is 30.4 Å². The van der Waals surface area contributed by atoms with Crippen LogP contribution in [0.4, 0.5) is 0 Å². The highest BCUT2D eigenvalue weighted by molar-refractivity contribution is 5.96. The fourth-order valence-electron chi connectivity index (χ4n) is 5.63. The van der Waals surface area contributed by atoms with Crippen molar-refractivity contribution in [1.82, 2.24) is 47.9 Å². The minimum absolute atomic E-state index is 0.00423. The molecule has 1 heterocycles. The number of carbonyl (C=O) groups is 5. The summed E-state index contributed by atoms with van der Waals surface area (Å²) < 4.78 is 0. The van der Waals surface area contributed by atoms with E-state index >= 15 is 0 Å². The Morgan fingerprint density at radius 2 is 1.35 bits per heavy atom. The highest BCUT2D eigenvalue weighted by Crippen LogP contribution is 2.31. The number of likely N-dealkylation sites (N-methyl/N-ethyl adjacent to an activating group) is 3. The van der Waals surface area contributed by atoms with Crippen LogP contribution in [0.15, 0.2) is 36.4 Å². The molecule has 2 aromatic carbocycles. The monoisotopic (exact) mass is 711 g/mol. The van der Waals surface area contributed by atoms with Gasteiger partial charge in [0, 0.05) is 39.0 Å². The molecule has 1 aliphatic heterocycles. The number of rotatable bonds is 16. The standard InChI is InChI=1S/C35H53N9O7/c1-36-11-5-6-25-33(49)43-27(35(51)44-28(32(48)41-15-13-38-3)20-31(47)40-14-12-37-2)19-24-17-22(8-10-30(24)46)21-7-9-29(45)23(16-21)18-26(39-4)34(50)42-25/h7-10,16-17,25-28,36-39,45-46H,5-6,11-15,18-20H2,1-4H3,(H,40,47)(H,41,48)(H,42,50)(H,43,49)(H,44,51)/t25-,26-,27-,28-/m0/s1. The van der Waals surface area contributed by atoms with Crippen LogP contribution in [0.3, 0.4) is 0 Å². The number of hydrogen-bond donors (Lipinski definition) is 11. The molecule has 11 N–H and O–H groups in total. The van der Waals surface area contributed by atoms with Crippen LogP contribution in [0.5, 0.6) is 11.5 Å². The van der Waals surface area contributed by atoms with Crippen molar-refractivity contribution >= 4 is 29.5 Å². The zero-order chi connectivity index (χ0) is 37.3. The minimum atomic E-state index is -1.33. The minimum Gasteiger partial charge on any atom is -0.508 e. The SMILES string of the molecule is CNCCC[C@@H]1NC(=O)[C@@H](NC)Cc2cc(ccc2O)-c2ccc(O)c(c2)C[C@@H](C(=O)N[C@@H](CC(=O)NCCNC)C(=O)NCCNC)NC1=O. The molecule has 5 amide bonds. The lowest BCUT2D eigenvalue weighted by Gasteiger charge is -2.26. The Balaban J connectivity index is 2.05. The third-order valence-electron chi connectivity index (χ3n) is 8.58. The van der Waals surface area contributed by atoms with Gasteiger partial charge in [0.15, 0.2) is 0 Å². The summed E-state index contributed by atoms with van der Waals surface area (Å²) in [5.74, 6) is -3.09. The second kappa shape index (κ2) is 20.8. The Hall–Kier alpha value is -4.77. The number of amides is 5. The second-order valence-corrected chi connectivity index (χ2v) is 12.4.